The van der Waals surface area contributed by atoms with Gasteiger partial charge in [0, 0.05) is 15.5 Å². The lowest BCUT2D eigenvalue weighted by molar-refractivity contribution is 0.619. The van der Waals surface area contributed by atoms with Crippen LogP contribution in [0.1, 0.15) is 38.0 Å². The van der Waals surface area contributed by atoms with Gasteiger partial charge < -0.3 is 5.32 Å². The maximum absolute atomic E-state index is 13.5. The van der Waals surface area contributed by atoms with Crippen LogP contribution in [0.2, 0.25) is 0 Å². The zero-order chi connectivity index (χ0) is 15.0. The molecule has 1 atom stereocenters. The van der Waals surface area contributed by atoms with Gasteiger partial charge in [-0.15, -0.1) is 11.3 Å². The van der Waals surface area contributed by atoms with Crippen molar-refractivity contribution in [1.82, 2.24) is 5.32 Å². The molecular weight excluding hydrogens is 301 g/mol. The number of hydrogen-bond donors (Lipinski definition) is 1. The van der Waals surface area contributed by atoms with Crippen molar-refractivity contribution in [2.45, 2.75) is 32.1 Å². The Morgan fingerprint density at radius 2 is 1.90 bits per heavy atom. The molecular formula is C17H20FNS2. The second-order valence-corrected chi connectivity index (χ2v) is 7.85. The summed E-state index contributed by atoms with van der Waals surface area (Å²) in [5.74, 6) is 2.21. The van der Waals surface area contributed by atoms with E-state index in [9.17, 15) is 4.39 Å². The van der Waals surface area contributed by atoms with Crippen LogP contribution >= 0.6 is 23.1 Å². The van der Waals surface area contributed by atoms with Crippen molar-refractivity contribution in [3.63, 3.8) is 0 Å². The summed E-state index contributed by atoms with van der Waals surface area (Å²) in [7, 11) is 1.99. The first-order chi connectivity index (χ1) is 10.1. The van der Waals surface area contributed by atoms with Gasteiger partial charge in [-0.2, -0.15) is 11.8 Å². The molecule has 1 aromatic heterocycles. The van der Waals surface area contributed by atoms with Gasteiger partial charge in [0.25, 0.3) is 0 Å². The fraction of sp³-hybridized carbons (Fsp3) is 0.412. The standard InChI is InChI=1S/C17H20FNS2/c1-10-6-13(18)7-11(2)16(10)17(19-3)15-8-12-9-20-5-4-14(12)21-15/h6-8,17,19H,4-5,9H2,1-3H3. The van der Waals surface area contributed by atoms with E-state index in [1.54, 1.807) is 12.1 Å². The molecule has 1 aromatic carbocycles. The highest BCUT2D eigenvalue weighted by Gasteiger charge is 2.22. The van der Waals surface area contributed by atoms with Crippen molar-refractivity contribution in [3.8, 4) is 0 Å². The molecule has 0 fully saturated rings. The molecule has 0 spiro atoms. The number of halogens is 1. The Balaban J connectivity index is 2.04. The van der Waals surface area contributed by atoms with Crippen LogP contribution in [0.25, 0.3) is 0 Å². The van der Waals surface area contributed by atoms with Gasteiger partial charge in [-0.3, -0.25) is 0 Å². The van der Waals surface area contributed by atoms with Gasteiger partial charge in [0.2, 0.25) is 0 Å². The smallest absolute Gasteiger partial charge is 0.123 e. The van der Waals surface area contributed by atoms with Crippen LogP contribution in [0, 0.1) is 19.7 Å². The molecule has 2 heterocycles. The van der Waals surface area contributed by atoms with E-state index in [2.05, 4.69) is 11.4 Å². The van der Waals surface area contributed by atoms with Gasteiger partial charge in [0.05, 0.1) is 6.04 Å². The topological polar surface area (TPSA) is 12.0 Å². The second kappa shape index (κ2) is 6.11. The summed E-state index contributed by atoms with van der Waals surface area (Å²) < 4.78 is 13.5. The lowest BCUT2D eigenvalue weighted by Gasteiger charge is -2.20. The lowest BCUT2D eigenvalue weighted by Crippen LogP contribution is -2.19. The van der Waals surface area contributed by atoms with E-state index >= 15 is 0 Å². The summed E-state index contributed by atoms with van der Waals surface area (Å²) in [5, 5.41) is 3.43. The van der Waals surface area contributed by atoms with Crippen LogP contribution in [0.3, 0.4) is 0 Å². The molecule has 0 bridgehead atoms. The van der Waals surface area contributed by atoms with Crippen molar-refractivity contribution >= 4 is 23.1 Å². The Morgan fingerprint density at radius 3 is 2.52 bits per heavy atom. The number of fused-ring (bicyclic) bond motifs is 1. The van der Waals surface area contributed by atoms with Gasteiger partial charge in [-0.25, -0.2) is 4.39 Å². The first kappa shape index (κ1) is 15.1. The number of nitrogens with one attached hydrogen (secondary N) is 1. The van der Waals surface area contributed by atoms with E-state index in [1.807, 2.05) is 44.0 Å². The average Bonchev–Trinajstić information content (AvgIpc) is 2.85. The molecule has 0 saturated heterocycles. The van der Waals surface area contributed by atoms with Crippen molar-refractivity contribution in [2.24, 2.45) is 0 Å². The Kier molecular flexibility index (Phi) is 4.38. The third-order valence-electron chi connectivity index (χ3n) is 4.07. The van der Waals surface area contributed by atoms with Crippen LogP contribution < -0.4 is 5.32 Å². The van der Waals surface area contributed by atoms with Crippen molar-refractivity contribution in [2.75, 3.05) is 12.8 Å². The van der Waals surface area contributed by atoms with Gasteiger partial charge in [-0.05, 0) is 73.5 Å². The molecule has 0 amide bonds. The first-order valence-electron chi connectivity index (χ1n) is 7.23. The molecule has 21 heavy (non-hydrogen) atoms. The maximum atomic E-state index is 13.5. The molecule has 3 rings (SSSR count). The highest BCUT2D eigenvalue weighted by molar-refractivity contribution is 7.98. The minimum Gasteiger partial charge on any atom is -0.309 e. The highest BCUT2D eigenvalue weighted by Crippen LogP contribution is 2.38. The second-order valence-electron chi connectivity index (χ2n) is 5.57. The molecule has 1 N–H and O–H groups in total. The van der Waals surface area contributed by atoms with Gasteiger partial charge in [0.15, 0.2) is 0 Å². The molecule has 112 valence electrons. The van der Waals surface area contributed by atoms with E-state index in [-0.39, 0.29) is 11.9 Å². The number of hydrogen-bond acceptors (Lipinski definition) is 3. The summed E-state index contributed by atoms with van der Waals surface area (Å²) in [6.45, 7) is 4.00. The van der Waals surface area contributed by atoms with E-state index in [4.69, 9.17) is 0 Å². The molecule has 1 aliphatic rings. The molecule has 1 aliphatic heterocycles. The number of thiophene rings is 1. The minimum atomic E-state index is -0.148. The van der Waals surface area contributed by atoms with Crippen LogP contribution in [-0.4, -0.2) is 12.8 Å². The lowest BCUT2D eigenvalue weighted by atomic mass is 9.94. The summed E-state index contributed by atoms with van der Waals surface area (Å²) >= 11 is 3.93. The minimum absolute atomic E-state index is 0.148. The van der Waals surface area contributed by atoms with Crippen LogP contribution in [0.4, 0.5) is 4.39 Å². The summed E-state index contributed by atoms with van der Waals surface area (Å²) in [5.41, 5.74) is 4.74. The van der Waals surface area contributed by atoms with Gasteiger partial charge >= 0.3 is 0 Å². The predicted octanol–water partition coefficient (Wildman–Crippen LogP) is 4.60. The quantitative estimate of drug-likeness (QED) is 0.886. The first-order valence-corrected chi connectivity index (χ1v) is 9.20. The van der Waals surface area contributed by atoms with E-state index < -0.39 is 0 Å². The van der Waals surface area contributed by atoms with E-state index in [0.29, 0.717) is 0 Å². The van der Waals surface area contributed by atoms with Crippen LogP contribution in [0.5, 0.6) is 0 Å². The van der Waals surface area contributed by atoms with Gasteiger partial charge in [0.1, 0.15) is 5.82 Å². The van der Waals surface area contributed by atoms with Crippen molar-refractivity contribution in [3.05, 3.63) is 56.0 Å². The molecule has 0 radical (unpaired) electrons. The summed E-state index contributed by atoms with van der Waals surface area (Å²) in [6.07, 6.45) is 1.18. The van der Waals surface area contributed by atoms with E-state index in [1.165, 1.54) is 33.1 Å². The predicted molar refractivity (Wildman–Crippen MR) is 91.0 cm³/mol. The number of benzene rings is 1. The fourth-order valence-electron chi connectivity index (χ4n) is 3.12. The Morgan fingerprint density at radius 1 is 1.19 bits per heavy atom. The highest BCUT2D eigenvalue weighted by atomic mass is 32.2. The zero-order valence-electron chi connectivity index (χ0n) is 12.6. The Labute approximate surface area is 134 Å². The van der Waals surface area contributed by atoms with Crippen molar-refractivity contribution < 1.29 is 4.39 Å². The Hall–Kier alpha value is -0.840. The molecule has 1 nitrogen and oxygen atoms in total. The normalized spacial score (nSPS) is 15.8. The number of thioether (sulfide) groups is 1. The van der Waals surface area contributed by atoms with E-state index in [0.717, 1.165) is 16.9 Å². The third kappa shape index (κ3) is 2.89. The fourth-order valence-corrected chi connectivity index (χ4v) is 5.61. The Bertz CT molecular complexity index is 616. The molecule has 1 unspecified atom stereocenters. The largest absolute Gasteiger partial charge is 0.309 e. The maximum Gasteiger partial charge on any atom is 0.123 e. The molecule has 0 aliphatic carbocycles. The van der Waals surface area contributed by atoms with Crippen molar-refractivity contribution in [1.29, 1.82) is 0 Å². The van der Waals surface area contributed by atoms with Gasteiger partial charge in [-0.1, -0.05) is 0 Å². The number of rotatable bonds is 3. The average molecular weight is 321 g/mol. The summed E-state index contributed by atoms with van der Waals surface area (Å²) in [4.78, 5) is 2.88. The summed E-state index contributed by atoms with van der Waals surface area (Å²) in [6, 6.07) is 5.77. The molecule has 0 saturated carbocycles. The van der Waals surface area contributed by atoms with Crippen LogP contribution in [-0.2, 0) is 12.2 Å². The zero-order valence-corrected chi connectivity index (χ0v) is 14.3. The molecule has 2 aromatic rings. The SMILES string of the molecule is CNC(c1cc2c(s1)CCSC2)c1c(C)cc(F)cc1C. The number of aryl methyl sites for hydroxylation is 3. The monoisotopic (exact) mass is 321 g/mol. The third-order valence-corrected chi connectivity index (χ3v) is 6.38. The molecule has 4 heteroatoms. The van der Waals surface area contributed by atoms with Crippen LogP contribution in [0.15, 0.2) is 18.2 Å².